The number of carboxylic acids is 1. The lowest BCUT2D eigenvalue weighted by atomic mass is 10.1. The molecule has 0 radical (unpaired) electrons. The standard InChI is InChI=1S/C50H81NO7/c1-6-8-10-12-14-16-18-20-22-23-24-25-27-28-30-32-34-36-38-40-48(52)57-45-46(44-56-43-42-47(50(54)55)51(3,4)5)58-49(53)41-39-37-35-33-31-29-26-21-19-17-15-13-11-9-7-2/h8,10,12,14,16-20,22-25,27-28,30,46-47H,6-7,9,11,13,15,21,26,29,31-45H2,1-5H3/b10-8+,14-12+,18-16+,19-17+,22-20+,24-23+,27-25+,30-28+. The van der Waals surface area contributed by atoms with Gasteiger partial charge in [0.1, 0.15) is 12.6 Å². The molecule has 0 aliphatic rings. The smallest absolute Gasteiger partial charge is 0.306 e. The third-order valence-corrected chi connectivity index (χ3v) is 9.40. The van der Waals surface area contributed by atoms with E-state index in [1.54, 1.807) is 21.1 Å². The Morgan fingerprint density at radius 3 is 1.50 bits per heavy atom. The number of esters is 2. The van der Waals surface area contributed by atoms with E-state index in [1.807, 2.05) is 72.9 Å². The van der Waals surface area contributed by atoms with E-state index in [0.29, 0.717) is 12.8 Å². The lowest BCUT2D eigenvalue weighted by molar-refractivity contribution is -0.889. The quantitative estimate of drug-likeness (QED) is 0.0201. The van der Waals surface area contributed by atoms with Crippen molar-refractivity contribution < 1.29 is 38.2 Å². The first-order chi connectivity index (χ1) is 28.1. The molecular formula is C50H81NO7. The molecule has 0 saturated carbocycles. The molecule has 328 valence electrons. The van der Waals surface area contributed by atoms with Crippen LogP contribution in [0.15, 0.2) is 97.2 Å². The first kappa shape index (κ1) is 54.2. The number of quaternary nitrogens is 1. The van der Waals surface area contributed by atoms with Gasteiger partial charge < -0.3 is 28.6 Å². The Kier molecular flexibility index (Phi) is 37.5. The number of nitrogens with zero attached hydrogens (tertiary/aromatic N) is 1. The molecular weight excluding hydrogens is 727 g/mol. The fourth-order valence-electron chi connectivity index (χ4n) is 5.93. The molecule has 0 amide bonds. The number of ether oxygens (including phenoxy) is 3. The summed E-state index contributed by atoms with van der Waals surface area (Å²) in [7, 11) is 5.38. The second kappa shape index (κ2) is 40.0. The summed E-state index contributed by atoms with van der Waals surface area (Å²) < 4.78 is 17.1. The molecule has 2 unspecified atom stereocenters. The van der Waals surface area contributed by atoms with Gasteiger partial charge in [-0.25, -0.2) is 0 Å². The Balaban J connectivity index is 4.47. The number of hydrogen-bond acceptors (Lipinski definition) is 7. The number of carbonyl (C=O) groups is 3. The van der Waals surface area contributed by atoms with Gasteiger partial charge in [0.05, 0.1) is 40.3 Å². The molecule has 0 aliphatic heterocycles. The summed E-state index contributed by atoms with van der Waals surface area (Å²) in [4.78, 5) is 36.9. The van der Waals surface area contributed by atoms with Gasteiger partial charge in [-0.1, -0.05) is 169 Å². The summed E-state index contributed by atoms with van der Waals surface area (Å²) in [6.45, 7) is 4.43. The Bertz CT molecular complexity index is 1260. The van der Waals surface area contributed by atoms with Crippen LogP contribution in [-0.2, 0) is 28.6 Å². The Morgan fingerprint density at radius 2 is 0.983 bits per heavy atom. The molecule has 0 fully saturated rings. The first-order valence-corrected chi connectivity index (χ1v) is 22.4. The number of carbonyl (C=O) groups excluding carboxylic acids is 3. The van der Waals surface area contributed by atoms with Crippen LogP contribution in [0.25, 0.3) is 0 Å². The molecule has 0 bridgehead atoms. The molecule has 0 aliphatic carbocycles. The number of carboxylic acid groups (broad SMARTS) is 1. The maximum Gasteiger partial charge on any atom is 0.306 e. The summed E-state index contributed by atoms with van der Waals surface area (Å²) in [5.41, 5.74) is 0. The van der Waals surface area contributed by atoms with Crippen LogP contribution in [0, 0.1) is 0 Å². The minimum Gasteiger partial charge on any atom is -0.544 e. The highest BCUT2D eigenvalue weighted by Crippen LogP contribution is 2.13. The van der Waals surface area contributed by atoms with Crippen molar-refractivity contribution in [1.82, 2.24) is 0 Å². The summed E-state index contributed by atoms with van der Waals surface area (Å²) >= 11 is 0. The molecule has 2 atom stereocenters. The first-order valence-electron chi connectivity index (χ1n) is 22.4. The number of likely N-dealkylation sites (N-methyl/N-ethyl adjacent to an activating group) is 1. The van der Waals surface area contributed by atoms with E-state index in [0.717, 1.165) is 51.4 Å². The van der Waals surface area contributed by atoms with Crippen LogP contribution in [0.1, 0.15) is 149 Å². The van der Waals surface area contributed by atoms with Crippen LogP contribution in [-0.4, -0.2) is 75.5 Å². The second-order valence-corrected chi connectivity index (χ2v) is 15.7. The normalized spacial score (nSPS) is 13.9. The third kappa shape index (κ3) is 37.8. The van der Waals surface area contributed by atoms with Crippen LogP contribution in [0.3, 0.4) is 0 Å². The van der Waals surface area contributed by atoms with Crippen LogP contribution >= 0.6 is 0 Å². The third-order valence-electron chi connectivity index (χ3n) is 9.40. The molecule has 0 aromatic heterocycles. The van der Waals surface area contributed by atoms with Gasteiger partial charge in [0.15, 0.2) is 6.10 Å². The van der Waals surface area contributed by atoms with Crippen LogP contribution in [0.2, 0.25) is 0 Å². The average Bonchev–Trinajstić information content (AvgIpc) is 3.18. The van der Waals surface area contributed by atoms with Gasteiger partial charge in [0.2, 0.25) is 0 Å². The molecule has 0 heterocycles. The van der Waals surface area contributed by atoms with Crippen LogP contribution in [0.4, 0.5) is 0 Å². The van der Waals surface area contributed by atoms with E-state index < -0.39 is 18.1 Å². The van der Waals surface area contributed by atoms with E-state index >= 15 is 0 Å². The van der Waals surface area contributed by atoms with Crippen molar-refractivity contribution in [3.63, 3.8) is 0 Å². The Hall–Kier alpha value is -3.75. The number of unbranched alkanes of at least 4 members (excludes halogenated alkanes) is 14. The maximum atomic E-state index is 12.7. The number of aliphatic carboxylic acids is 1. The van der Waals surface area contributed by atoms with Gasteiger partial charge in [-0.05, 0) is 57.8 Å². The fourth-order valence-corrected chi connectivity index (χ4v) is 5.93. The zero-order chi connectivity index (χ0) is 42.8. The number of rotatable bonds is 38. The second-order valence-electron chi connectivity index (χ2n) is 15.7. The van der Waals surface area contributed by atoms with Crippen molar-refractivity contribution in [3.05, 3.63) is 97.2 Å². The molecule has 0 rings (SSSR count). The largest absolute Gasteiger partial charge is 0.544 e. The fraction of sp³-hybridized carbons (Fsp3) is 0.620. The monoisotopic (exact) mass is 808 g/mol. The highest BCUT2D eigenvalue weighted by Gasteiger charge is 2.25. The van der Waals surface area contributed by atoms with Gasteiger partial charge in [-0.3, -0.25) is 9.59 Å². The SMILES string of the molecule is CC/C=C/C=C/C=C/C=C/C=C/C=C/C=C/CCCCCC(=O)OCC(COCCC(C(=O)[O-])[N+](C)(C)C)OC(=O)CCCCCCCCC/C=C/CCCCCC. The van der Waals surface area contributed by atoms with Crippen LogP contribution in [0.5, 0.6) is 0 Å². The molecule has 0 aromatic carbocycles. The van der Waals surface area contributed by atoms with Crippen molar-refractivity contribution in [1.29, 1.82) is 0 Å². The number of hydrogen-bond donors (Lipinski definition) is 0. The average molecular weight is 808 g/mol. The molecule has 0 saturated heterocycles. The molecule has 0 spiro atoms. The van der Waals surface area contributed by atoms with Gasteiger partial charge in [0.25, 0.3) is 0 Å². The molecule has 0 aromatic rings. The summed E-state index contributed by atoms with van der Waals surface area (Å²) in [5.74, 6) is -1.81. The van der Waals surface area contributed by atoms with E-state index in [-0.39, 0.29) is 49.1 Å². The summed E-state index contributed by atoms with van der Waals surface area (Å²) in [6, 6.07) is -0.739. The minimum absolute atomic E-state index is 0.0177. The number of allylic oxidation sites excluding steroid dienone is 16. The lowest BCUT2D eigenvalue weighted by Crippen LogP contribution is -2.55. The van der Waals surface area contributed by atoms with E-state index in [1.165, 1.54) is 57.8 Å². The van der Waals surface area contributed by atoms with Gasteiger partial charge in [-0.15, -0.1) is 0 Å². The maximum absolute atomic E-state index is 12.7. The molecule has 58 heavy (non-hydrogen) atoms. The van der Waals surface area contributed by atoms with E-state index in [2.05, 4.69) is 38.2 Å². The highest BCUT2D eigenvalue weighted by atomic mass is 16.6. The minimum atomic E-state index is -1.14. The van der Waals surface area contributed by atoms with Gasteiger partial charge in [0, 0.05) is 19.3 Å². The molecule has 8 heteroatoms. The van der Waals surface area contributed by atoms with Crippen molar-refractivity contribution in [2.24, 2.45) is 0 Å². The summed E-state index contributed by atoms with van der Waals surface area (Å²) in [5, 5.41) is 11.6. The Morgan fingerprint density at radius 1 is 0.534 bits per heavy atom. The predicted molar refractivity (Wildman–Crippen MR) is 240 cm³/mol. The summed E-state index contributed by atoms with van der Waals surface area (Å²) in [6.07, 6.45) is 52.8. The Labute approximate surface area is 354 Å². The van der Waals surface area contributed by atoms with Crippen LogP contribution < -0.4 is 5.11 Å². The topological polar surface area (TPSA) is 102 Å². The van der Waals surface area contributed by atoms with Gasteiger partial charge in [-0.2, -0.15) is 0 Å². The molecule has 8 nitrogen and oxygen atoms in total. The highest BCUT2D eigenvalue weighted by molar-refractivity contribution is 5.70. The lowest BCUT2D eigenvalue weighted by Gasteiger charge is -2.34. The van der Waals surface area contributed by atoms with E-state index in [4.69, 9.17) is 14.2 Å². The van der Waals surface area contributed by atoms with E-state index in [9.17, 15) is 19.5 Å². The van der Waals surface area contributed by atoms with Crippen molar-refractivity contribution in [3.8, 4) is 0 Å². The predicted octanol–water partition coefficient (Wildman–Crippen LogP) is 11.0. The molecule has 0 N–H and O–H groups in total. The van der Waals surface area contributed by atoms with Gasteiger partial charge >= 0.3 is 11.9 Å². The zero-order valence-electron chi connectivity index (χ0n) is 37.2. The van der Waals surface area contributed by atoms with Crippen molar-refractivity contribution in [2.75, 3.05) is 41.0 Å². The van der Waals surface area contributed by atoms with Crippen molar-refractivity contribution >= 4 is 17.9 Å². The zero-order valence-corrected chi connectivity index (χ0v) is 37.2. The van der Waals surface area contributed by atoms with Crippen molar-refractivity contribution in [2.45, 2.75) is 161 Å².